The molecular weight excluding hydrogens is 314 g/mol. The van der Waals surface area contributed by atoms with E-state index in [4.69, 9.17) is 4.74 Å². The lowest BCUT2D eigenvalue weighted by molar-refractivity contribution is 0.0169. The van der Waals surface area contributed by atoms with Crippen LogP contribution in [0.3, 0.4) is 0 Å². The number of hydrogen-bond acceptors (Lipinski definition) is 5. The average molecular weight is 333 g/mol. The summed E-state index contributed by atoms with van der Waals surface area (Å²) in [7, 11) is 0. The number of hydrogen-bond donors (Lipinski definition) is 4. The first-order valence-electron chi connectivity index (χ1n) is 7.16. The zero-order valence-corrected chi connectivity index (χ0v) is 13.3. The number of rotatable bonds is 6. The fourth-order valence-electron chi connectivity index (χ4n) is 2.02. The van der Waals surface area contributed by atoms with E-state index in [1.165, 1.54) is 0 Å². The molecule has 2 aromatic carbocycles. The Kier molecular flexibility index (Phi) is 6.46. The third kappa shape index (κ3) is 5.28. The van der Waals surface area contributed by atoms with E-state index in [2.05, 4.69) is 17.9 Å². The summed E-state index contributed by atoms with van der Waals surface area (Å²) in [5, 5.41) is 22.5. The highest BCUT2D eigenvalue weighted by atomic mass is 32.1. The molecule has 5 nitrogen and oxygen atoms in total. The Labute approximate surface area is 140 Å². The summed E-state index contributed by atoms with van der Waals surface area (Å²) in [6.45, 7) is 0.0156. The van der Waals surface area contributed by atoms with Gasteiger partial charge in [0.05, 0.1) is 0 Å². The Morgan fingerprint density at radius 2 is 1.74 bits per heavy atom. The predicted octanol–water partition coefficient (Wildman–Crippen LogP) is 2.30. The Bertz CT molecular complexity index is 636. The van der Waals surface area contributed by atoms with Gasteiger partial charge < -0.3 is 20.3 Å². The predicted molar refractivity (Wildman–Crippen MR) is 89.3 cm³/mol. The quantitative estimate of drug-likeness (QED) is 0.612. The minimum Gasteiger partial charge on any atom is -0.445 e. The molecule has 0 aliphatic rings. The molecule has 23 heavy (non-hydrogen) atoms. The molecule has 0 aromatic heterocycles. The highest BCUT2D eigenvalue weighted by molar-refractivity contribution is 7.80. The van der Waals surface area contributed by atoms with E-state index < -0.39 is 18.3 Å². The number of aliphatic hydroxyl groups is 2. The van der Waals surface area contributed by atoms with Gasteiger partial charge in [-0.05, 0) is 17.2 Å². The van der Waals surface area contributed by atoms with Gasteiger partial charge in [-0.2, -0.15) is 0 Å². The van der Waals surface area contributed by atoms with E-state index in [0.717, 1.165) is 5.56 Å². The van der Waals surface area contributed by atoms with Crippen LogP contribution in [0.5, 0.6) is 0 Å². The summed E-state index contributed by atoms with van der Waals surface area (Å²) < 4.78 is 5.03. The number of nitrogens with one attached hydrogen (secondary N) is 1. The summed E-state index contributed by atoms with van der Waals surface area (Å²) in [5.41, 5.74) is 1.37. The van der Waals surface area contributed by atoms with E-state index in [1.807, 2.05) is 30.3 Å². The summed E-state index contributed by atoms with van der Waals surface area (Å²) >= 11 is 4.23. The first-order chi connectivity index (χ1) is 11.1. The van der Waals surface area contributed by atoms with Crippen LogP contribution in [0.1, 0.15) is 17.2 Å². The van der Waals surface area contributed by atoms with Crippen molar-refractivity contribution in [1.82, 2.24) is 5.32 Å². The Morgan fingerprint density at radius 1 is 1.09 bits per heavy atom. The maximum atomic E-state index is 11.6. The van der Waals surface area contributed by atoms with Crippen molar-refractivity contribution in [2.24, 2.45) is 0 Å². The van der Waals surface area contributed by atoms with E-state index in [0.29, 0.717) is 10.5 Å². The molecule has 122 valence electrons. The van der Waals surface area contributed by atoms with Gasteiger partial charge in [0, 0.05) is 11.4 Å². The molecule has 0 heterocycles. The fourth-order valence-corrected chi connectivity index (χ4v) is 2.31. The molecule has 1 amide bonds. The molecule has 0 spiro atoms. The first-order valence-corrected chi connectivity index (χ1v) is 7.61. The normalized spacial score (nSPS) is 13.2. The van der Waals surface area contributed by atoms with Crippen LogP contribution in [0.4, 0.5) is 4.79 Å². The molecule has 6 heteroatoms. The maximum absolute atomic E-state index is 11.6. The largest absolute Gasteiger partial charge is 0.445 e. The molecule has 0 fully saturated rings. The van der Waals surface area contributed by atoms with E-state index in [9.17, 15) is 15.0 Å². The minimum absolute atomic E-state index is 0.128. The lowest BCUT2D eigenvalue weighted by Crippen LogP contribution is -2.35. The smallest absolute Gasteiger partial charge is 0.407 e. The number of aliphatic hydroxyl groups excluding tert-OH is 2. The molecule has 2 rings (SSSR count). The zero-order valence-electron chi connectivity index (χ0n) is 12.4. The number of ether oxygens (including phenoxy) is 1. The Hall–Kier alpha value is -2.02. The average Bonchev–Trinajstić information content (AvgIpc) is 2.58. The summed E-state index contributed by atoms with van der Waals surface area (Å²) in [4.78, 5) is 12.2. The van der Waals surface area contributed by atoms with Crippen LogP contribution in [-0.2, 0) is 11.3 Å². The fraction of sp³-hybridized carbons (Fsp3) is 0.235. The van der Waals surface area contributed by atoms with Gasteiger partial charge in [-0.15, -0.1) is 12.6 Å². The lowest BCUT2D eigenvalue weighted by atomic mass is 10.0. The molecule has 0 radical (unpaired) electrons. The van der Waals surface area contributed by atoms with Gasteiger partial charge in [-0.3, -0.25) is 0 Å². The SMILES string of the molecule is O=C(NCC(O)C(O)c1ccccc1S)OCc1ccccc1. The van der Waals surface area contributed by atoms with Crippen molar-refractivity contribution in [1.29, 1.82) is 0 Å². The van der Waals surface area contributed by atoms with E-state index in [1.54, 1.807) is 24.3 Å². The third-order valence-corrected chi connectivity index (χ3v) is 3.70. The highest BCUT2D eigenvalue weighted by Crippen LogP contribution is 2.23. The lowest BCUT2D eigenvalue weighted by Gasteiger charge is -2.19. The number of benzene rings is 2. The maximum Gasteiger partial charge on any atom is 0.407 e. The monoisotopic (exact) mass is 333 g/mol. The topological polar surface area (TPSA) is 78.8 Å². The van der Waals surface area contributed by atoms with Gasteiger partial charge in [-0.1, -0.05) is 48.5 Å². The molecule has 2 atom stereocenters. The second kappa shape index (κ2) is 8.57. The van der Waals surface area contributed by atoms with Crippen molar-refractivity contribution in [3.8, 4) is 0 Å². The van der Waals surface area contributed by atoms with Crippen LogP contribution < -0.4 is 5.32 Å². The Morgan fingerprint density at radius 3 is 2.43 bits per heavy atom. The first kappa shape index (κ1) is 17.3. The van der Waals surface area contributed by atoms with Crippen LogP contribution in [0.25, 0.3) is 0 Å². The van der Waals surface area contributed by atoms with Crippen LogP contribution in [0.15, 0.2) is 59.5 Å². The van der Waals surface area contributed by atoms with Gasteiger partial charge in [0.25, 0.3) is 0 Å². The number of thiol groups is 1. The zero-order chi connectivity index (χ0) is 16.7. The number of amides is 1. The molecule has 0 saturated carbocycles. The van der Waals surface area contributed by atoms with Gasteiger partial charge in [0.1, 0.15) is 18.8 Å². The summed E-state index contributed by atoms with van der Waals surface area (Å²) in [6, 6.07) is 16.2. The number of carbonyl (C=O) groups is 1. The number of carbonyl (C=O) groups excluding carboxylic acids is 1. The van der Waals surface area contributed by atoms with Crippen LogP contribution in [-0.4, -0.2) is 29.0 Å². The van der Waals surface area contributed by atoms with Gasteiger partial charge >= 0.3 is 6.09 Å². The van der Waals surface area contributed by atoms with E-state index >= 15 is 0 Å². The van der Waals surface area contributed by atoms with Crippen LogP contribution >= 0.6 is 12.6 Å². The molecule has 3 N–H and O–H groups in total. The number of alkyl carbamates (subject to hydrolysis) is 1. The van der Waals surface area contributed by atoms with E-state index in [-0.39, 0.29) is 13.2 Å². The van der Waals surface area contributed by atoms with Crippen LogP contribution in [0.2, 0.25) is 0 Å². The Balaban J connectivity index is 1.78. The standard InChI is InChI=1S/C17H19NO4S/c19-14(16(20)13-8-4-5-9-15(13)23)10-18-17(21)22-11-12-6-2-1-3-7-12/h1-9,14,16,19-20,23H,10-11H2,(H,18,21). The molecule has 2 unspecified atom stereocenters. The van der Waals surface area contributed by atoms with Crippen molar-refractivity contribution in [3.63, 3.8) is 0 Å². The molecule has 0 aliphatic carbocycles. The molecule has 2 aromatic rings. The van der Waals surface area contributed by atoms with Crippen molar-refractivity contribution in [3.05, 3.63) is 65.7 Å². The van der Waals surface area contributed by atoms with Crippen molar-refractivity contribution < 1.29 is 19.7 Å². The minimum atomic E-state index is -1.16. The van der Waals surface area contributed by atoms with Gasteiger partial charge in [0.2, 0.25) is 0 Å². The van der Waals surface area contributed by atoms with Gasteiger partial charge in [0.15, 0.2) is 0 Å². The van der Waals surface area contributed by atoms with Crippen molar-refractivity contribution in [2.45, 2.75) is 23.7 Å². The highest BCUT2D eigenvalue weighted by Gasteiger charge is 2.20. The van der Waals surface area contributed by atoms with Gasteiger partial charge in [-0.25, -0.2) is 4.79 Å². The second-order valence-corrected chi connectivity index (χ2v) is 5.50. The molecule has 0 aliphatic heterocycles. The van der Waals surface area contributed by atoms with Crippen LogP contribution in [0, 0.1) is 0 Å². The summed E-state index contributed by atoms with van der Waals surface area (Å²) in [5.74, 6) is 0. The molecule has 0 saturated heterocycles. The van der Waals surface area contributed by atoms with Crippen molar-refractivity contribution >= 4 is 18.7 Å². The second-order valence-electron chi connectivity index (χ2n) is 5.01. The van der Waals surface area contributed by atoms with Crippen molar-refractivity contribution in [2.75, 3.05) is 6.54 Å². The third-order valence-electron chi connectivity index (χ3n) is 3.29. The summed E-state index contributed by atoms with van der Waals surface area (Å²) in [6.07, 6.45) is -2.95. The molecular formula is C17H19NO4S. The molecule has 0 bridgehead atoms.